The Labute approximate surface area is 186 Å². The van der Waals surface area contributed by atoms with Gasteiger partial charge in [-0.25, -0.2) is 4.98 Å². The molecular formula is C24H26N2O4S. The molecule has 0 aliphatic rings. The predicted octanol–water partition coefficient (Wildman–Crippen LogP) is 4.51. The van der Waals surface area contributed by atoms with E-state index in [9.17, 15) is 9.59 Å². The number of nitrogens with zero attached hydrogens (tertiary/aromatic N) is 2. The van der Waals surface area contributed by atoms with Crippen molar-refractivity contribution < 1.29 is 19.1 Å². The number of likely N-dealkylation sites (N-methyl/N-ethyl adjacent to an activating group) is 1. The summed E-state index contributed by atoms with van der Waals surface area (Å²) in [6.07, 6.45) is 0.0124. The second kappa shape index (κ2) is 10.7. The third-order valence-corrected chi connectivity index (χ3v) is 5.83. The highest BCUT2D eigenvalue weighted by molar-refractivity contribution is 7.13. The standard InChI is InChI=1S/C24H26N2O4S/c1-4-29-21-13-9-8-12-20(21)24-25-19(16-31-24)14-23(28)30-15-22(27)26(3)17(2)18-10-6-5-7-11-18/h5-13,16-17H,4,14-15H2,1-3H3. The molecule has 1 aromatic heterocycles. The first-order valence-electron chi connectivity index (χ1n) is 10.1. The first-order chi connectivity index (χ1) is 15.0. The van der Waals surface area contributed by atoms with E-state index in [0.717, 1.165) is 21.9 Å². The number of esters is 1. The first-order valence-corrected chi connectivity index (χ1v) is 11.0. The molecule has 7 heteroatoms. The van der Waals surface area contributed by atoms with E-state index in [0.29, 0.717) is 12.3 Å². The van der Waals surface area contributed by atoms with Gasteiger partial charge in [0.1, 0.15) is 10.8 Å². The molecule has 0 aliphatic carbocycles. The van der Waals surface area contributed by atoms with E-state index < -0.39 is 5.97 Å². The van der Waals surface area contributed by atoms with Gasteiger partial charge in [0.05, 0.1) is 30.3 Å². The summed E-state index contributed by atoms with van der Waals surface area (Å²) in [5.74, 6) is 0.0213. The Hall–Kier alpha value is -3.19. The number of carbonyl (C=O) groups excluding carboxylic acids is 2. The summed E-state index contributed by atoms with van der Waals surface area (Å²) in [5, 5.41) is 2.60. The van der Waals surface area contributed by atoms with Gasteiger partial charge in [-0.2, -0.15) is 0 Å². The minimum Gasteiger partial charge on any atom is -0.493 e. The second-order valence-electron chi connectivity index (χ2n) is 7.00. The molecule has 0 aliphatic heterocycles. The molecule has 0 bridgehead atoms. The zero-order chi connectivity index (χ0) is 22.2. The average molecular weight is 439 g/mol. The molecular weight excluding hydrogens is 412 g/mol. The van der Waals surface area contributed by atoms with Crippen LogP contribution < -0.4 is 4.74 Å². The van der Waals surface area contributed by atoms with Crippen LogP contribution in [0.4, 0.5) is 0 Å². The number of thiazole rings is 1. The van der Waals surface area contributed by atoms with Gasteiger partial charge in [0.2, 0.25) is 0 Å². The summed E-state index contributed by atoms with van der Waals surface area (Å²) in [4.78, 5) is 30.8. The Balaban J connectivity index is 1.54. The maximum atomic E-state index is 12.4. The number of hydrogen-bond acceptors (Lipinski definition) is 6. The number of rotatable bonds is 9. The third kappa shape index (κ3) is 5.92. The van der Waals surface area contributed by atoms with Crippen molar-refractivity contribution in [1.82, 2.24) is 9.88 Å². The molecule has 6 nitrogen and oxygen atoms in total. The molecule has 0 radical (unpaired) electrons. The molecule has 3 rings (SSSR count). The number of para-hydroxylation sites is 1. The van der Waals surface area contributed by atoms with Crippen LogP contribution >= 0.6 is 11.3 Å². The summed E-state index contributed by atoms with van der Waals surface area (Å²) in [6.45, 7) is 4.13. The van der Waals surface area contributed by atoms with Gasteiger partial charge in [-0.15, -0.1) is 11.3 Å². The minimum absolute atomic E-state index is 0.0124. The van der Waals surface area contributed by atoms with Crippen molar-refractivity contribution in [2.24, 2.45) is 0 Å². The van der Waals surface area contributed by atoms with E-state index in [4.69, 9.17) is 9.47 Å². The summed E-state index contributed by atoms with van der Waals surface area (Å²) < 4.78 is 10.9. The van der Waals surface area contributed by atoms with E-state index in [1.165, 1.54) is 11.3 Å². The Morgan fingerprint density at radius 2 is 1.81 bits per heavy atom. The number of hydrogen-bond donors (Lipinski definition) is 0. The quantitative estimate of drug-likeness (QED) is 0.460. The van der Waals surface area contributed by atoms with Crippen LogP contribution in [0.5, 0.6) is 5.75 Å². The number of ether oxygens (including phenoxy) is 2. The Morgan fingerprint density at radius 3 is 2.55 bits per heavy atom. The summed E-state index contributed by atoms with van der Waals surface area (Å²) in [6, 6.07) is 17.3. The summed E-state index contributed by atoms with van der Waals surface area (Å²) in [7, 11) is 1.70. The molecule has 0 saturated heterocycles. The van der Waals surface area contributed by atoms with Crippen LogP contribution in [0.2, 0.25) is 0 Å². The van der Waals surface area contributed by atoms with Crippen molar-refractivity contribution in [1.29, 1.82) is 0 Å². The number of amides is 1. The molecule has 1 heterocycles. The van der Waals surface area contributed by atoms with E-state index in [1.54, 1.807) is 11.9 Å². The van der Waals surface area contributed by atoms with E-state index >= 15 is 0 Å². The van der Waals surface area contributed by atoms with Gasteiger partial charge in [-0.3, -0.25) is 9.59 Å². The SMILES string of the molecule is CCOc1ccccc1-c1nc(CC(=O)OCC(=O)N(C)C(C)c2ccccc2)cs1. The number of aromatic nitrogens is 1. The van der Waals surface area contributed by atoms with Gasteiger partial charge in [0.25, 0.3) is 5.91 Å². The second-order valence-corrected chi connectivity index (χ2v) is 7.86. The maximum Gasteiger partial charge on any atom is 0.312 e. The Kier molecular flexibility index (Phi) is 7.78. The zero-order valence-corrected chi connectivity index (χ0v) is 18.7. The fourth-order valence-electron chi connectivity index (χ4n) is 3.05. The van der Waals surface area contributed by atoms with Gasteiger partial charge in [0, 0.05) is 12.4 Å². The van der Waals surface area contributed by atoms with Crippen LogP contribution in [-0.4, -0.2) is 42.0 Å². The molecule has 2 aromatic carbocycles. The van der Waals surface area contributed by atoms with E-state index in [1.807, 2.05) is 73.8 Å². The van der Waals surface area contributed by atoms with Crippen molar-refractivity contribution in [2.75, 3.05) is 20.3 Å². The average Bonchev–Trinajstić information content (AvgIpc) is 3.25. The van der Waals surface area contributed by atoms with Crippen molar-refractivity contribution in [3.05, 3.63) is 71.2 Å². The number of carbonyl (C=O) groups is 2. The summed E-state index contributed by atoms with van der Waals surface area (Å²) >= 11 is 1.44. The monoisotopic (exact) mass is 438 g/mol. The molecule has 162 valence electrons. The normalized spacial score (nSPS) is 11.6. The lowest BCUT2D eigenvalue weighted by molar-refractivity contribution is -0.151. The van der Waals surface area contributed by atoms with Crippen LogP contribution in [0.3, 0.4) is 0 Å². The van der Waals surface area contributed by atoms with Gasteiger partial charge in [-0.05, 0) is 31.5 Å². The van der Waals surface area contributed by atoms with Crippen LogP contribution in [-0.2, 0) is 20.7 Å². The van der Waals surface area contributed by atoms with Crippen molar-refractivity contribution in [3.63, 3.8) is 0 Å². The van der Waals surface area contributed by atoms with Gasteiger partial charge < -0.3 is 14.4 Å². The lowest BCUT2D eigenvalue weighted by Crippen LogP contribution is -2.33. The van der Waals surface area contributed by atoms with E-state index in [-0.39, 0.29) is 25.0 Å². The van der Waals surface area contributed by atoms with Crippen LogP contribution in [0.1, 0.15) is 31.1 Å². The van der Waals surface area contributed by atoms with Crippen molar-refractivity contribution >= 4 is 23.2 Å². The van der Waals surface area contributed by atoms with E-state index in [2.05, 4.69) is 4.98 Å². The molecule has 0 N–H and O–H groups in total. The molecule has 31 heavy (non-hydrogen) atoms. The van der Waals surface area contributed by atoms with Crippen LogP contribution in [0, 0.1) is 0 Å². The smallest absolute Gasteiger partial charge is 0.312 e. The fourth-order valence-corrected chi connectivity index (χ4v) is 3.90. The first kappa shape index (κ1) is 22.5. The summed E-state index contributed by atoms with van der Waals surface area (Å²) in [5.41, 5.74) is 2.52. The molecule has 1 amide bonds. The molecule has 3 aromatic rings. The Morgan fingerprint density at radius 1 is 1.10 bits per heavy atom. The third-order valence-electron chi connectivity index (χ3n) is 4.91. The highest BCUT2D eigenvalue weighted by Gasteiger charge is 2.19. The predicted molar refractivity (Wildman–Crippen MR) is 121 cm³/mol. The van der Waals surface area contributed by atoms with Gasteiger partial charge in [0.15, 0.2) is 6.61 Å². The highest BCUT2D eigenvalue weighted by Crippen LogP contribution is 2.32. The Bertz CT molecular complexity index is 1020. The van der Waals surface area contributed by atoms with Gasteiger partial charge >= 0.3 is 5.97 Å². The minimum atomic E-state index is -0.482. The molecule has 0 fully saturated rings. The van der Waals surface area contributed by atoms with Crippen molar-refractivity contribution in [2.45, 2.75) is 26.3 Å². The molecule has 1 unspecified atom stereocenters. The molecule has 0 saturated carbocycles. The van der Waals surface area contributed by atoms with Gasteiger partial charge in [-0.1, -0.05) is 42.5 Å². The van der Waals surface area contributed by atoms with Crippen molar-refractivity contribution in [3.8, 4) is 16.3 Å². The lowest BCUT2D eigenvalue weighted by Gasteiger charge is -2.25. The number of benzene rings is 2. The maximum absolute atomic E-state index is 12.4. The lowest BCUT2D eigenvalue weighted by atomic mass is 10.1. The largest absolute Gasteiger partial charge is 0.493 e. The fraction of sp³-hybridized carbons (Fsp3) is 0.292. The van der Waals surface area contributed by atoms with Crippen LogP contribution in [0.15, 0.2) is 60.0 Å². The highest BCUT2D eigenvalue weighted by atomic mass is 32.1. The van der Waals surface area contributed by atoms with Crippen LogP contribution in [0.25, 0.3) is 10.6 Å². The topological polar surface area (TPSA) is 68.7 Å². The molecule has 0 spiro atoms. The molecule has 1 atom stereocenters. The zero-order valence-electron chi connectivity index (χ0n) is 17.9.